The molecule has 0 aliphatic heterocycles. The predicted molar refractivity (Wildman–Crippen MR) is 90.5 cm³/mol. The molecule has 0 fully saturated rings. The Hall–Kier alpha value is -1.81. The monoisotopic (exact) mass is 346 g/mol. The molecule has 4 heteroatoms. The highest BCUT2D eigenvalue weighted by Gasteiger charge is 2.03. The summed E-state index contributed by atoms with van der Waals surface area (Å²) < 4.78 is 1.04. The number of rotatable bonds is 6. The van der Waals surface area contributed by atoms with Crippen LogP contribution in [0.5, 0.6) is 0 Å². The molecular formula is C17H19BrN2O. The van der Waals surface area contributed by atoms with Crippen molar-refractivity contribution >= 4 is 27.5 Å². The third-order valence-corrected chi connectivity index (χ3v) is 3.70. The molecule has 110 valence electrons. The summed E-state index contributed by atoms with van der Waals surface area (Å²) in [6.07, 6.45) is 0.851. The second kappa shape index (κ2) is 7.84. The largest absolute Gasteiger partial charge is 0.376 e. The SMILES string of the molecule is Cc1cc(Br)ccc1NCC(=O)NCCc1ccccc1. The maximum absolute atomic E-state index is 11.8. The van der Waals surface area contributed by atoms with Crippen molar-refractivity contribution in [3.05, 3.63) is 64.1 Å². The quantitative estimate of drug-likeness (QED) is 0.839. The van der Waals surface area contributed by atoms with Crippen molar-refractivity contribution in [2.75, 3.05) is 18.4 Å². The van der Waals surface area contributed by atoms with Crippen LogP contribution in [0, 0.1) is 6.92 Å². The van der Waals surface area contributed by atoms with Crippen LogP contribution in [0.4, 0.5) is 5.69 Å². The molecule has 2 rings (SSSR count). The van der Waals surface area contributed by atoms with Crippen LogP contribution < -0.4 is 10.6 Å². The summed E-state index contributed by atoms with van der Waals surface area (Å²) in [5.41, 5.74) is 3.33. The van der Waals surface area contributed by atoms with Crippen molar-refractivity contribution < 1.29 is 4.79 Å². The lowest BCUT2D eigenvalue weighted by Gasteiger charge is -2.10. The fourth-order valence-electron chi connectivity index (χ4n) is 2.05. The van der Waals surface area contributed by atoms with Crippen molar-refractivity contribution in [2.45, 2.75) is 13.3 Å². The first-order valence-electron chi connectivity index (χ1n) is 6.96. The fraction of sp³-hybridized carbons (Fsp3) is 0.235. The van der Waals surface area contributed by atoms with Crippen LogP contribution in [-0.4, -0.2) is 19.0 Å². The molecule has 0 spiro atoms. The van der Waals surface area contributed by atoms with Gasteiger partial charge in [-0.05, 0) is 42.7 Å². The summed E-state index contributed by atoms with van der Waals surface area (Å²) in [5, 5.41) is 6.08. The number of benzene rings is 2. The number of carbonyl (C=O) groups excluding carboxylic acids is 1. The van der Waals surface area contributed by atoms with E-state index in [1.807, 2.05) is 43.3 Å². The summed E-state index contributed by atoms with van der Waals surface area (Å²) in [6.45, 7) is 2.96. The number of nitrogens with one attached hydrogen (secondary N) is 2. The van der Waals surface area contributed by atoms with Crippen molar-refractivity contribution in [3.8, 4) is 0 Å². The Balaban J connectivity index is 1.72. The van der Waals surface area contributed by atoms with E-state index in [4.69, 9.17) is 0 Å². The van der Waals surface area contributed by atoms with Crippen molar-refractivity contribution in [3.63, 3.8) is 0 Å². The number of aryl methyl sites for hydroxylation is 1. The molecule has 1 amide bonds. The molecule has 0 saturated heterocycles. The van der Waals surface area contributed by atoms with Crippen molar-refractivity contribution in [1.29, 1.82) is 0 Å². The summed E-state index contributed by atoms with van der Waals surface area (Å²) in [6, 6.07) is 16.1. The number of anilines is 1. The fourth-order valence-corrected chi connectivity index (χ4v) is 2.53. The highest BCUT2D eigenvalue weighted by molar-refractivity contribution is 9.10. The number of hydrogen-bond donors (Lipinski definition) is 2. The second-order valence-electron chi connectivity index (χ2n) is 4.90. The van der Waals surface area contributed by atoms with E-state index in [2.05, 4.69) is 38.7 Å². The summed E-state index contributed by atoms with van der Waals surface area (Å²) >= 11 is 3.43. The first-order chi connectivity index (χ1) is 10.1. The lowest BCUT2D eigenvalue weighted by Crippen LogP contribution is -2.31. The normalized spacial score (nSPS) is 10.2. The summed E-state index contributed by atoms with van der Waals surface area (Å²) in [7, 11) is 0. The summed E-state index contributed by atoms with van der Waals surface area (Å²) in [5.74, 6) is 0.00764. The highest BCUT2D eigenvalue weighted by atomic mass is 79.9. The molecule has 2 aromatic rings. The van der Waals surface area contributed by atoms with Gasteiger partial charge < -0.3 is 10.6 Å². The maximum atomic E-state index is 11.8. The molecule has 0 saturated carbocycles. The van der Waals surface area contributed by atoms with Gasteiger partial charge in [0.15, 0.2) is 0 Å². The molecule has 0 aromatic heterocycles. The van der Waals surface area contributed by atoms with Gasteiger partial charge in [-0.25, -0.2) is 0 Å². The average molecular weight is 347 g/mol. The molecule has 0 atom stereocenters. The van der Waals surface area contributed by atoms with E-state index >= 15 is 0 Å². The topological polar surface area (TPSA) is 41.1 Å². The minimum absolute atomic E-state index is 0.00764. The number of amides is 1. The van der Waals surface area contributed by atoms with E-state index in [1.165, 1.54) is 5.56 Å². The van der Waals surface area contributed by atoms with Gasteiger partial charge in [-0.3, -0.25) is 4.79 Å². The predicted octanol–water partition coefficient (Wildman–Crippen LogP) is 3.53. The Morgan fingerprint density at radius 1 is 1.14 bits per heavy atom. The third kappa shape index (κ3) is 5.23. The Labute approximate surface area is 133 Å². The van der Waals surface area contributed by atoms with Gasteiger partial charge in [0.25, 0.3) is 0 Å². The summed E-state index contributed by atoms with van der Waals surface area (Å²) in [4.78, 5) is 11.8. The van der Waals surface area contributed by atoms with Crippen molar-refractivity contribution in [1.82, 2.24) is 5.32 Å². The Bertz CT molecular complexity index is 599. The van der Waals surface area contributed by atoms with Gasteiger partial charge in [0.1, 0.15) is 0 Å². The lowest BCUT2D eigenvalue weighted by molar-refractivity contribution is -0.119. The molecule has 2 aromatic carbocycles. The van der Waals surface area contributed by atoms with Crippen LogP contribution in [0.3, 0.4) is 0 Å². The van der Waals surface area contributed by atoms with E-state index in [9.17, 15) is 4.79 Å². The van der Waals surface area contributed by atoms with Crippen LogP contribution in [0.1, 0.15) is 11.1 Å². The van der Waals surface area contributed by atoms with Gasteiger partial charge in [-0.15, -0.1) is 0 Å². The van der Waals surface area contributed by atoms with E-state index in [0.29, 0.717) is 6.54 Å². The number of carbonyl (C=O) groups is 1. The highest BCUT2D eigenvalue weighted by Crippen LogP contribution is 2.19. The molecule has 0 aliphatic rings. The van der Waals surface area contributed by atoms with Gasteiger partial charge in [-0.2, -0.15) is 0 Å². The zero-order chi connectivity index (χ0) is 15.1. The molecule has 3 nitrogen and oxygen atoms in total. The molecule has 0 aliphatic carbocycles. The molecule has 0 radical (unpaired) electrons. The zero-order valence-corrected chi connectivity index (χ0v) is 13.6. The minimum atomic E-state index is 0.00764. The van der Waals surface area contributed by atoms with Crippen LogP contribution in [0.2, 0.25) is 0 Å². The van der Waals surface area contributed by atoms with Crippen molar-refractivity contribution in [2.24, 2.45) is 0 Å². The Kier molecular flexibility index (Phi) is 5.81. The van der Waals surface area contributed by atoms with Crippen LogP contribution in [0.25, 0.3) is 0 Å². The van der Waals surface area contributed by atoms with Gasteiger partial charge in [0, 0.05) is 16.7 Å². The van der Waals surface area contributed by atoms with Crippen LogP contribution >= 0.6 is 15.9 Å². The minimum Gasteiger partial charge on any atom is -0.376 e. The van der Waals surface area contributed by atoms with Gasteiger partial charge in [-0.1, -0.05) is 46.3 Å². The zero-order valence-electron chi connectivity index (χ0n) is 12.0. The first kappa shape index (κ1) is 15.6. The third-order valence-electron chi connectivity index (χ3n) is 3.21. The second-order valence-corrected chi connectivity index (χ2v) is 5.81. The molecule has 21 heavy (non-hydrogen) atoms. The molecule has 0 heterocycles. The van der Waals surface area contributed by atoms with Gasteiger partial charge >= 0.3 is 0 Å². The van der Waals surface area contributed by atoms with E-state index in [1.54, 1.807) is 0 Å². The molecule has 0 unspecified atom stereocenters. The molecular weight excluding hydrogens is 328 g/mol. The first-order valence-corrected chi connectivity index (χ1v) is 7.75. The number of halogens is 1. The van der Waals surface area contributed by atoms with Gasteiger partial charge in [0.05, 0.1) is 6.54 Å². The average Bonchev–Trinajstić information content (AvgIpc) is 2.47. The Morgan fingerprint density at radius 3 is 2.62 bits per heavy atom. The van der Waals surface area contributed by atoms with E-state index < -0.39 is 0 Å². The van der Waals surface area contributed by atoms with Crippen LogP contribution in [-0.2, 0) is 11.2 Å². The standard InChI is InChI=1S/C17H19BrN2O/c1-13-11-15(18)7-8-16(13)20-12-17(21)19-10-9-14-5-3-2-4-6-14/h2-8,11,20H,9-10,12H2,1H3,(H,19,21). The smallest absolute Gasteiger partial charge is 0.239 e. The Morgan fingerprint density at radius 2 is 1.90 bits per heavy atom. The molecule has 2 N–H and O–H groups in total. The maximum Gasteiger partial charge on any atom is 0.239 e. The number of hydrogen-bond acceptors (Lipinski definition) is 2. The van der Waals surface area contributed by atoms with E-state index in [0.717, 1.165) is 22.1 Å². The van der Waals surface area contributed by atoms with Crippen LogP contribution in [0.15, 0.2) is 53.0 Å². The van der Waals surface area contributed by atoms with E-state index in [-0.39, 0.29) is 12.5 Å². The van der Waals surface area contributed by atoms with Gasteiger partial charge in [0.2, 0.25) is 5.91 Å². The lowest BCUT2D eigenvalue weighted by atomic mass is 10.1. The molecule has 0 bridgehead atoms.